The molecule has 4 nitrogen and oxygen atoms in total. The Morgan fingerprint density at radius 2 is 2.31 bits per heavy atom. The second kappa shape index (κ2) is 3.46. The Morgan fingerprint density at radius 3 is 2.77 bits per heavy atom. The first-order valence-corrected chi connectivity index (χ1v) is 3.32. The zero-order valence-electron chi connectivity index (χ0n) is 6.35. The molecule has 1 rings (SSSR count). The van der Waals surface area contributed by atoms with Crippen molar-refractivity contribution >= 4 is 12.2 Å². The van der Waals surface area contributed by atoms with E-state index < -0.39 is 12.2 Å². The number of hydrogen-bond donors (Lipinski definition) is 2. The zero-order chi connectivity index (χ0) is 9.90. The molecule has 0 fully saturated rings. The largest absolute Gasteiger partial charge is 0.484 e. The number of halogens is 3. The Balaban J connectivity index is 2.53. The third-order valence-electron chi connectivity index (χ3n) is 1.23. The second-order valence-corrected chi connectivity index (χ2v) is 2.26. The minimum atomic E-state index is -4.70. The summed E-state index contributed by atoms with van der Waals surface area (Å²) in [4.78, 5) is 14.4. The molecule has 2 N–H and O–H groups in total. The van der Waals surface area contributed by atoms with Gasteiger partial charge in [0.15, 0.2) is 0 Å². The predicted molar refractivity (Wildman–Crippen MR) is 38.8 cm³/mol. The first-order chi connectivity index (χ1) is 5.99. The predicted octanol–water partition coefficient (Wildman–Crippen LogP) is 0.138. The lowest BCUT2D eigenvalue weighted by atomic mass is 10.2. The maximum Gasteiger partial charge on any atom is 0.484 e. The number of carbonyl (C=O) groups excluding carboxylic acids is 1. The lowest BCUT2D eigenvalue weighted by molar-refractivity contribution is -0.167. The molecule has 0 spiro atoms. The molecule has 13 heavy (non-hydrogen) atoms. The number of rotatable bonds is 1. The molecule has 0 aromatic rings. The number of aliphatic imine (C=N–C) groups is 1. The second-order valence-electron chi connectivity index (χ2n) is 2.26. The van der Waals surface area contributed by atoms with Crippen molar-refractivity contribution in [3.8, 4) is 0 Å². The lowest BCUT2D eigenvalue weighted by Gasteiger charge is -2.11. The SMILES string of the molecule is O=C(NC(F)(F)F)C1=CNC=NC1. The fourth-order valence-electron chi connectivity index (χ4n) is 0.727. The van der Waals surface area contributed by atoms with Gasteiger partial charge in [-0.25, -0.2) is 0 Å². The molecule has 7 heteroatoms. The Hall–Kier alpha value is -1.53. The fraction of sp³-hybridized carbons (Fsp3) is 0.333. The van der Waals surface area contributed by atoms with Crippen LogP contribution in [0.4, 0.5) is 13.2 Å². The van der Waals surface area contributed by atoms with Gasteiger partial charge in [-0.15, -0.1) is 0 Å². The topological polar surface area (TPSA) is 53.5 Å². The highest BCUT2D eigenvalue weighted by molar-refractivity contribution is 5.94. The van der Waals surface area contributed by atoms with Crippen LogP contribution in [-0.4, -0.2) is 25.1 Å². The summed E-state index contributed by atoms with van der Waals surface area (Å²) in [7, 11) is 0. The number of alkyl halides is 3. The summed E-state index contributed by atoms with van der Waals surface area (Å²) in [5, 5.41) is 3.29. The van der Waals surface area contributed by atoms with Crippen molar-refractivity contribution in [3.63, 3.8) is 0 Å². The van der Waals surface area contributed by atoms with Gasteiger partial charge >= 0.3 is 6.30 Å². The molecule has 1 aliphatic heterocycles. The van der Waals surface area contributed by atoms with Gasteiger partial charge in [-0.05, 0) is 0 Å². The van der Waals surface area contributed by atoms with Gasteiger partial charge in [0.1, 0.15) is 0 Å². The highest BCUT2D eigenvalue weighted by atomic mass is 19.4. The highest BCUT2D eigenvalue weighted by Crippen LogP contribution is 2.11. The fourth-order valence-corrected chi connectivity index (χ4v) is 0.727. The van der Waals surface area contributed by atoms with E-state index in [1.54, 1.807) is 0 Å². The normalized spacial score (nSPS) is 16.1. The summed E-state index contributed by atoms with van der Waals surface area (Å²) < 4.78 is 34.9. The molecule has 0 atom stereocenters. The Morgan fingerprint density at radius 1 is 1.62 bits per heavy atom. The van der Waals surface area contributed by atoms with Crippen molar-refractivity contribution in [2.75, 3.05) is 6.54 Å². The third-order valence-corrected chi connectivity index (χ3v) is 1.23. The molecule has 0 aromatic carbocycles. The average Bonchev–Trinajstić information content (AvgIpc) is 2.03. The van der Waals surface area contributed by atoms with Gasteiger partial charge in [-0.3, -0.25) is 15.1 Å². The molecule has 1 heterocycles. The molecule has 0 unspecified atom stereocenters. The zero-order valence-corrected chi connectivity index (χ0v) is 6.35. The van der Waals surface area contributed by atoms with E-state index >= 15 is 0 Å². The van der Waals surface area contributed by atoms with Gasteiger partial charge in [0.25, 0.3) is 5.91 Å². The average molecular weight is 193 g/mol. The van der Waals surface area contributed by atoms with E-state index in [-0.39, 0.29) is 12.1 Å². The smallest absolute Gasteiger partial charge is 0.352 e. The lowest BCUT2D eigenvalue weighted by Crippen LogP contribution is -2.39. The van der Waals surface area contributed by atoms with Crippen LogP contribution in [0.2, 0.25) is 0 Å². The Kier molecular flexibility index (Phi) is 2.54. The summed E-state index contributed by atoms with van der Waals surface area (Å²) in [6, 6.07) is 0. The number of carbonyl (C=O) groups is 1. The molecule has 0 radical (unpaired) electrons. The summed E-state index contributed by atoms with van der Waals surface area (Å²) in [6.45, 7) is -0.0467. The number of amides is 1. The van der Waals surface area contributed by atoms with E-state index in [1.807, 2.05) is 0 Å². The first kappa shape index (κ1) is 9.56. The van der Waals surface area contributed by atoms with Crippen molar-refractivity contribution in [1.29, 1.82) is 0 Å². The van der Waals surface area contributed by atoms with Gasteiger partial charge in [0.05, 0.1) is 18.5 Å². The van der Waals surface area contributed by atoms with Crippen LogP contribution in [0.15, 0.2) is 16.8 Å². The first-order valence-electron chi connectivity index (χ1n) is 3.32. The van der Waals surface area contributed by atoms with Crippen LogP contribution < -0.4 is 10.6 Å². The van der Waals surface area contributed by atoms with Crippen LogP contribution >= 0.6 is 0 Å². The molecular weight excluding hydrogens is 187 g/mol. The van der Waals surface area contributed by atoms with Crippen LogP contribution in [0, 0.1) is 0 Å². The van der Waals surface area contributed by atoms with E-state index in [0.29, 0.717) is 0 Å². The summed E-state index contributed by atoms with van der Waals surface area (Å²) >= 11 is 0. The molecule has 1 aliphatic rings. The van der Waals surface area contributed by atoms with Crippen LogP contribution in [0.1, 0.15) is 0 Å². The minimum absolute atomic E-state index is 0.0467. The summed E-state index contributed by atoms with van der Waals surface area (Å²) in [6.07, 6.45) is -2.22. The number of nitrogens with one attached hydrogen (secondary N) is 2. The summed E-state index contributed by atoms with van der Waals surface area (Å²) in [5.41, 5.74) is -0.0557. The molecular formula is C6H6F3N3O. The molecule has 0 saturated heterocycles. The number of hydrogen-bond acceptors (Lipinski definition) is 3. The molecule has 0 aliphatic carbocycles. The van der Waals surface area contributed by atoms with Crippen molar-refractivity contribution in [2.24, 2.45) is 4.99 Å². The number of nitrogens with zero attached hydrogens (tertiary/aromatic N) is 1. The van der Waals surface area contributed by atoms with E-state index in [4.69, 9.17) is 0 Å². The van der Waals surface area contributed by atoms with Gasteiger partial charge in [0, 0.05) is 6.20 Å². The van der Waals surface area contributed by atoms with Crippen molar-refractivity contribution in [2.45, 2.75) is 6.30 Å². The van der Waals surface area contributed by atoms with E-state index in [0.717, 1.165) is 5.32 Å². The van der Waals surface area contributed by atoms with Gasteiger partial charge in [0.2, 0.25) is 0 Å². The van der Waals surface area contributed by atoms with E-state index in [2.05, 4.69) is 10.3 Å². The molecule has 0 bridgehead atoms. The van der Waals surface area contributed by atoms with Crippen LogP contribution in [0.25, 0.3) is 0 Å². The van der Waals surface area contributed by atoms with E-state index in [9.17, 15) is 18.0 Å². The molecule has 1 amide bonds. The van der Waals surface area contributed by atoms with Crippen molar-refractivity contribution < 1.29 is 18.0 Å². The monoisotopic (exact) mass is 193 g/mol. The van der Waals surface area contributed by atoms with Crippen LogP contribution in [-0.2, 0) is 4.79 Å². The molecule has 0 aromatic heterocycles. The summed E-state index contributed by atoms with van der Waals surface area (Å²) in [5.74, 6) is -1.18. The minimum Gasteiger partial charge on any atom is -0.352 e. The Bertz CT molecular complexity index is 269. The highest BCUT2D eigenvalue weighted by Gasteiger charge is 2.31. The van der Waals surface area contributed by atoms with Crippen LogP contribution in [0.5, 0.6) is 0 Å². The maximum atomic E-state index is 11.6. The van der Waals surface area contributed by atoms with E-state index in [1.165, 1.54) is 12.5 Å². The van der Waals surface area contributed by atoms with Crippen molar-refractivity contribution in [3.05, 3.63) is 11.8 Å². The van der Waals surface area contributed by atoms with Gasteiger partial charge in [-0.1, -0.05) is 0 Å². The van der Waals surface area contributed by atoms with Gasteiger partial charge in [-0.2, -0.15) is 13.2 Å². The molecule has 72 valence electrons. The quantitative estimate of drug-likeness (QED) is 0.582. The standard InChI is InChI=1S/C6H6F3N3O/c7-6(8,9)12-5(13)4-1-10-3-11-2-4/h1,3H,2H2,(H,10,11)(H,12,13). The maximum absolute atomic E-state index is 11.6. The van der Waals surface area contributed by atoms with Crippen LogP contribution in [0.3, 0.4) is 0 Å². The third kappa shape index (κ3) is 3.14. The Labute approximate surface area is 71.5 Å². The van der Waals surface area contributed by atoms with Gasteiger partial charge < -0.3 is 5.32 Å². The molecule has 0 saturated carbocycles. The van der Waals surface area contributed by atoms with Crippen molar-refractivity contribution in [1.82, 2.24) is 10.6 Å².